The first kappa shape index (κ1) is 19.2. The second-order valence-electron chi connectivity index (χ2n) is 5.96. The van der Waals surface area contributed by atoms with E-state index in [1.165, 1.54) is 6.92 Å². The first-order valence-electron chi connectivity index (χ1n) is 8.34. The van der Waals surface area contributed by atoms with Crippen molar-refractivity contribution in [2.24, 2.45) is 5.10 Å². The van der Waals surface area contributed by atoms with Crippen molar-refractivity contribution in [2.75, 3.05) is 0 Å². The molecule has 26 heavy (non-hydrogen) atoms. The van der Waals surface area contributed by atoms with Crippen molar-refractivity contribution >= 4 is 11.6 Å². The van der Waals surface area contributed by atoms with E-state index in [0.717, 1.165) is 23.0 Å². The Bertz CT molecular complexity index is 939. The molecular weight excluding hydrogens is 336 g/mol. The lowest BCUT2D eigenvalue weighted by atomic mass is 10.2. The van der Waals surface area contributed by atoms with Crippen LogP contribution in [0.4, 0.5) is 0 Å². The standard InChI is InChI=1S/C18H22N4O4/c1-4-5-6-14(23)21-20-12(3)15-16(24)19-18(26)22(17(15)25)13-9-7-11(2)8-10-13/h7-10,25H,4-6H2,1-3H3,(H,21,23)(H,19,24,26). The van der Waals surface area contributed by atoms with Crippen LogP contribution in [-0.2, 0) is 4.79 Å². The summed E-state index contributed by atoms with van der Waals surface area (Å²) in [7, 11) is 0. The topological polar surface area (TPSA) is 117 Å². The van der Waals surface area contributed by atoms with Gasteiger partial charge in [-0.15, -0.1) is 0 Å². The summed E-state index contributed by atoms with van der Waals surface area (Å²) in [5.74, 6) is -0.819. The first-order valence-corrected chi connectivity index (χ1v) is 8.34. The van der Waals surface area contributed by atoms with E-state index < -0.39 is 17.1 Å². The number of rotatable bonds is 6. The Morgan fingerprint density at radius 3 is 2.54 bits per heavy atom. The number of hydrazone groups is 1. The second-order valence-corrected chi connectivity index (χ2v) is 5.96. The van der Waals surface area contributed by atoms with E-state index in [9.17, 15) is 19.5 Å². The molecule has 0 atom stereocenters. The summed E-state index contributed by atoms with van der Waals surface area (Å²) in [6.07, 6.45) is 1.92. The fraction of sp³-hybridized carbons (Fsp3) is 0.333. The van der Waals surface area contributed by atoms with Crippen LogP contribution < -0.4 is 16.7 Å². The number of H-pyrrole nitrogens is 1. The molecule has 0 aliphatic heterocycles. The predicted molar refractivity (Wildman–Crippen MR) is 98.9 cm³/mol. The van der Waals surface area contributed by atoms with Crippen LogP contribution in [0, 0.1) is 6.92 Å². The molecule has 0 bridgehead atoms. The molecule has 0 unspecified atom stereocenters. The summed E-state index contributed by atoms with van der Waals surface area (Å²) in [6.45, 7) is 5.32. The third-order valence-corrected chi connectivity index (χ3v) is 3.85. The Labute approximate surface area is 150 Å². The van der Waals surface area contributed by atoms with E-state index in [1.807, 2.05) is 13.8 Å². The number of aryl methyl sites for hydroxylation is 1. The molecule has 0 aliphatic carbocycles. The van der Waals surface area contributed by atoms with E-state index in [4.69, 9.17) is 0 Å². The lowest BCUT2D eigenvalue weighted by Crippen LogP contribution is -2.33. The zero-order chi connectivity index (χ0) is 19.3. The minimum absolute atomic E-state index is 0.0921. The first-order chi connectivity index (χ1) is 12.3. The van der Waals surface area contributed by atoms with Gasteiger partial charge in [0.25, 0.3) is 5.56 Å². The van der Waals surface area contributed by atoms with Gasteiger partial charge < -0.3 is 5.11 Å². The van der Waals surface area contributed by atoms with Crippen LogP contribution in [0.3, 0.4) is 0 Å². The van der Waals surface area contributed by atoms with Gasteiger partial charge in [-0.25, -0.2) is 14.8 Å². The Morgan fingerprint density at radius 1 is 1.27 bits per heavy atom. The summed E-state index contributed by atoms with van der Waals surface area (Å²) in [4.78, 5) is 38.1. The molecule has 0 fully saturated rings. The second kappa shape index (κ2) is 8.28. The van der Waals surface area contributed by atoms with Crippen LogP contribution in [0.25, 0.3) is 5.69 Å². The Hall–Kier alpha value is -3.16. The maximum atomic E-state index is 12.1. The molecule has 138 valence electrons. The summed E-state index contributed by atoms with van der Waals surface area (Å²) in [6, 6.07) is 6.86. The molecule has 2 aromatic rings. The highest BCUT2D eigenvalue weighted by Crippen LogP contribution is 2.17. The lowest BCUT2D eigenvalue weighted by molar-refractivity contribution is -0.121. The van der Waals surface area contributed by atoms with Gasteiger partial charge in [0.1, 0.15) is 5.56 Å². The summed E-state index contributed by atoms with van der Waals surface area (Å²) >= 11 is 0. The SMILES string of the molecule is CCCCC(=O)NN=C(C)c1c(O)n(-c2ccc(C)cc2)c(=O)[nH]c1=O. The third-order valence-electron chi connectivity index (χ3n) is 3.85. The average Bonchev–Trinajstić information content (AvgIpc) is 2.59. The molecular formula is C18H22N4O4. The number of nitrogens with one attached hydrogen (secondary N) is 2. The zero-order valence-corrected chi connectivity index (χ0v) is 15.0. The molecule has 0 saturated heterocycles. The molecule has 0 saturated carbocycles. The van der Waals surface area contributed by atoms with Gasteiger partial charge in [-0.05, 0) is 32.4 Å². The van der Waals surface area contributed by atoms with E-state index >= 15 is 0 Å². The maximum absolute atomic E-state index is 12.1. The monoisotopic (exact) mass is 358 g/mol. The van der Waals surface area contributed by atoms with Crippen molar-refractivity contribution in [3.05, 3.63) is 56.2 Å². The third kappa shape index (κ3) is 4.27. The average molecular weight is 358 g/mol. The number of nitrogens with zero attached hydrogens (tertiary/aromatic N) is 2. The Morgan fingerprint density at radius 2 is 1.92 bits per heavy atom. The van der Waals surface area contributed by atoms with Gasteiger partial charge >= 0.3 is 5.69 Å². The fourth-order valence-corrected chi connectivity index (χ4v) is 2.38. The number of amides is 1. The van der Waals surface area contributed by atoms with Crippen LogP contribution >= 0.6 is 0 Å². The minimum Gasteiger partial charge on any atom is -0.493 e. The van der Waals surface area contributed by atoms with Crippen LogP contribution in [0.1, 0.15) is 44.2 Å². The van der Waals surface area contributed by atoms with Crippen molar-refractivity contribution in [1.82, 2.24) is 15.0 Å². The number of hydrogen-bond acceptors (Lipinski definition) is 5. The van der Waals surface area contributed by atoms with Crippen molar-refractivity contribution in [1.29, 1.82) is 0 Å². The number of unbranched alkanes of at least 4 members (excludes halogenated alkanes) is 1. The lowest BCUT2D eigenvalue weighted by Gasteiger charge is -2.11. The molecule has 8 nitrogen and oxygen atoms in total. The van der Waals surface area contributed by atoms with E-state index in [-0.39, 0.29) is 17.2 Å². The van der Waals surface area contributed by atoms with Gasteiger partial charge in [0, 0.05) is 6.42 Å². The van der Waals surface area contributed by atoms with E-state index in [1.54, 1.807) is 24.3 Å². The molecule has 0 spiro atoms. The number of carbonyl (C=O) groups excluding carboxylic acids is 1. The summed E-state index contributed by atoms with van der Waals surface area (Å²) in [5.41, 5.74) is 2.10. The molecule has 1 aromatic carbocycles. The molecule has 1 aromatic heterocycles. The number of hydrogen-bond donors (Lipinski definition) is 3. The quantitative estimate of drug-likeness (QED) is 0.537. The highest BCUT2D eigenvalue weighted by molar-refractivity contribution is 6.00. The van der Waals surface area contributed by atoms with Crippen LogP contribution in [0.2, 0.25) is 0 Å². The highest BCUT2D eigenvalue weighted by atomic mass is 16.3. The smallest absolute Gasteiger partial charge is 0.335 e. The van der Waals surface area contributed by atoms with Crippen molar-refractivity contribution in [2.45, 2.75) is 40.0 Å². The van der Waals surface area contributed by atoms with E-state index in [2.05, 4.69) is 15.5 Å². The molecule has 0 radical (unpaired) electrons. The van der Waals surface area contributed by atoms with Crippen molar-refractivity contribution in [3.8, 4) is 11.6 Å². The Kier molecular flexibility index (Phi) is 6.11. The molecule has 8 heteroatoms. The fourth-order valence-electron chi connectivity index (χ4n) is 2.38. The molecule has 1 heterocycles. The van der Waals surface area contributed by atoms with Crippen LogP contribution in [0.5, 0.6) is 5.88 Å². The van der Waals surface area contributed by atoms with Crippen LogP contribution in [0.15, 0.2) is 39.0 Å². The Balaban J connectivity index is 2.45. The molecule has 1 amide bonds. The van der Waals surface area contributed by atoms with Gasteiger partial charge in [0.05, 0.1) is 11.4 Å². The predicted octanol–water partition coefficient (Wildman–Crippen LogP) is 1.57. The minimum atomic E-state index is -0.778. The molecule has 3 N–H and O–H groups in total. The van der Waals surface area contributed by atoms with Gasteiger partial charge in [-0.1, -0.05) is 31.0 Å². The van der Waals surface area contributed by atoms with Gasteiger partial charge in [0.15, 0.2) is 0 Å². The van der Waals surface area contributed by atoms with E-state index in [0.29, 0.717) is 12.1 Å². The number of aromatic amines is 1. The van der Waals surface area contributed by atoms with Gasteiger partial charge in [0.2, 0.25) is 11.8 Å². The summed E-state index contributed by atoms with van der Waals surface area (Å²) in [5, 5.41) is 14.4. The van der Waals surface area contributed by atoms with Crippen molar-refractivity contribution < 1.29 is 9.90 Å². The number of benzene rings is 1. The number of carbonyl (C=O) groups is 1. The van der Waals surface area contributed by atoms with Gasteiger partial charge in [-0.3, -0.25) is 14.6 Å². The molecule has 2 rings (SSSR count). The highest BCUT2D eigenvalue weighted by Gasteiger charge is 2.18. The summed E-state index contributed by atoms with van der Waals surface area (Å²) < 4.78 is 0.980. The van der Waals surface area contributed by atoms with Crippen LogP contribution in [-0.4, -0.2) is 26.3 Å². The van der Waals surface area contributed by atoms with Gasteiger partial charge in [-0.2, -0.15) is 5.10 Å². The number of aromatic nitrogens is 2. The normalized spacial score (nSPS) is 11.4. The molecule has 0 aliphatic rings. The zero-order valence-electron chi connectivity index (χ0n) is 15.0. The number of aromatic hydroxyl groups is 1. The largest absolute Gasteiger partial charge is 0.493 e. The van der Waals surface area contributed by atoms with Crippen molar-refractivity contribution in [3.63, 3.8) is 0 Å². The maximum Gasteiger partial charge on any atom is 0.335 e.